The van der Waals surface area contributed by atoms with Crippen LogP contribution in [0.3, 0.4) is 0 Å². The second-order valence-electron chi connectivity index (χ2n) is 4.48. The van der Waals surface area contributed by atoms with E-state index >= 15 is 0 Å². The number of ether oxygens (including phenoxy) is 1. The van der Waals surface area contributed by atoms with Crippen LogP contribution < -0.4 is 10.3 Å². The molecular weight excluding hydrogens is 257 g/mol. The maximum Gasteiger partial charge on any atom is 0.290 e. The molecule has 1 heterocycles. The Bertz CT molecular complexity index is 822. The first kappa shape index (κ1) is 12.4. The lowest BCUT2D eigenvalue weighted by Gasteiger charge is -2.05. The van der Waals surface area contributed by atoms with Gasteiger partial charge in [0.25, 0.3) is 5.56 Å². The molecule has 0 saturated heterocycles. The number of aromatic amines is 1. The summed E-state index contributed by atoms with van der Waals surface area (Å²) in [6.45, 7) is 0. The van der Waals surface area contributed by atoms with E-state index in [1.54, 1.807) is 18.2 Å². The molecule has 0 unspecified atom stereocenters. The molecule has 0 amide bonds. The molecule has 0 bridgehead atoms. The molecule has 0 fully saturated rings. The summed E-state index contributed by atoms with van der Waals surface area (Å²) >= 11 is 0. The molecule has 2 aromatic carbocycles. The molecule has 0 saturated carbocycles. The number of nitrogens with one attached hydrogen (secondary N) is 1. The molecule has 0 spiro atoms. The lowest BCUT2D eigenvalue weighted by atomic mass is 10.0. The number of pyridine rings is 1. The zero-order valence-electron chi connectivity index (χ0n) is 10.8. The van der Waals surface area contributed by atoms with E-state index in [-0.39, 0.29) is 17.1 Å². The molecule has 0 aliphatic rings. The number of hydrogen-bond acceptors (Lipinski definition) is 2. The molecule has 4 heteroatoms. The van der Waals surface area contributed by atoms with Gasteiger partial charge in [0.05, 0.1) is 7.11 Å². The van der Waals surface area contributed by atoms with E-state index in [0.717, 1.165) is 22.0 Å². The Morgan fingerprint density at radius 2 is 1.70 bits per heavy atom. The quantitative estimate of drug-likeness (QED) is 0.775. The summed E-state index contributed by atoms with van der Waals surface area (Å²) in [5.41, 5.74) is 2.26. The maximum atomic E-state index is 12.9. The van der Waals surface area contributed by atoms with Crippen LogP contribution >= 0.6 is 0 Å². The smallest absolute Gasteiger partial charge is 0.290 e. The van der Waals surface area contributed by atoms with Crippen molar-refractivity contribution in [1.29, 1.82) is 0 Å². The monoisotopic (exact) mass is 269 g/mol. The van der Waals surface area contributed by atoms with Gasteiger partial charge in [0.1, 0.15) is 5.82 Å². The Morgan fingerprint density at radius 3 is 2.40 bits per heavy atom. The van der Waals surface area contributed by atoms with Crippen molar-refractivity contribution < 1.29 is 9.13 Å². The first-order valence-electron chi connectivity index (χ1n) is 6.14. The van der Waals surface area contributed by atoms with Crippen LogP contribution in [-0.2, 0) is 0 Å². The van der Waals surface area contributed by atoms with Crippen LogP contribution in [0.5, 0.6) is 5.75 Å². The molecule has 100 valence electrons. The van der Waals surface area contributed by atoms with Crippen molar-refractivity contribution in [2.45, 2.75) is 0 Å². The number of rotatable bonds is 2. The molecule has 3 nitrogen and oxygen atoms in total. The van der Waals surface area contributed by atoms with Gasteiger partial charge in [-0.3, -0.25) is 4.79 Å². The summed E-state index contributed by atoms with van der Waals surface area (Å²) in [6.07, 6.45) is 0. The fraction of sp³-hybridized carbons (Fsp3) is 0.0625. The maximum absolute atomic E-state index is 12.9. The molecule has 0 aliphatic heterocycles. The predicted octanol–water partition coefficient (Wildman–Crippen LogP) is 3.34. The molecule has 20 heavy (non-hydrogen) atoms. The highest BCUT2D eigenvalue weighted by atomic mass is 19.1. The van der Waals surface area contributed by atoms with Gasteiger partial charge in [0.2, 0.25) is 0 Å². The summed E-state index contributed by atoms with van der Waals surface area (Å²) < 4.78 is 17.9. The number of benzene rings is 2. The molecule has 1 aromatic heterocycles. The molecule has 0 aliphatic carbocycles. The van der Waals surface area contributed by atoms with Crippen LogP contribution in [0.15, 0.2) is 53.3 Å². The van der Waals surface area contributed by atoms with Gasteiger partial charge >= 0.3 is 0 Å². The van der Waals surface area contributed by atoms with Gasteiger partial charge in [0, 0.05) is 10.9 Å². The summed E-state index contributed by atoms with van der Waals surface area (Å²) in [7, 11) is 1.46. The fourth-order valence-electron chi connectivity index (χ4n) is 2.15. The van der Waals surface area contributed by atoms with Gasteiger partial charge in [0.15, 0.2) is 5.75 Å². The summed E-state index contributed by atoms with van der Waals surface area (Å²) in [6, 6.07) is 13.6. The molecule has 3 rings (SSSR count). The Kier molecular flexibility index (Phi) is 2.99. The Morgan fingerprint density at radius 1 is 1.00 bits per heavy atom. The summed E-state index contributed by atoms with van der Waals surface area (Å²) in [5.74, 6) is 0.0136. The van der Waals surface area contributed by atoms with Gasteiger partial charge in [-0.2, -0.15) is 0 Å². The van der Waals surface area contributed by atoms with E-state index in [9.17, 15) is 9.18 Å². The minimum Gasteiger partial charge on any atom is -0.491 e. The average Bonchev–Trinajstić information content (AvgIpc) is 2.46. The highest BCUT2D eigenvalue weighted by Gasteiger charge is 2.05. The standard InChI is InChI=1S/C16H12FNO2/c1-20-15-9-12-3-2-11(8-14(12)18-16(15)19)10-4-6-13(17)7-5-10/h2-9H,1H3,(H,18,19). The number of fused-ring (bicyclic) bond motifs is 1. The van der Waals surface area contributed by atoms with E-state index in [1.165, 1.54) is 19.2 Å². The van der Waals surface area contributed by atoms with Crippen molar-refractivity contribution in [2.24, 2.45) is 0 Å². The lowest BCUT2D eigenvalue weighted by molar-refractivity contribution is 0.409. The average molecular weight is 269 g/mol. The zero-order chi connectivity index (χ0) is 14.1. The van der Waals surface area contributed by atoms with E-state index in [2.05, 4.69) is 4.98 Å². The summed E-state index contributed by atoms with van der Waals surface area (Å²) in [5, 5.41) is 0.882. The first-order chi connectivity index (χ1) is 9.67. The van der Waals surface area contributed by atoms with E-state index in [4.69, 9.17) is 4.74 Å². The number of hydrogen-bond donors (Lipinski definition) is 1. The lowest BCUT2D eigenvalue weighted by Crippen LogP contribution is -2.08. The van der Waals surface area contributed by atoms with Crippen LogP contribution in [0.1, 0.15) is 0 Å². The highest BCUT2D eigenvalue weighted by Crippen LogP contribution is 2.24. The van der Waals surface area contributed by atoms with Gasteiger partial charge in [-0.05, 0) is 35.4 Å². The third kappa shape index (κ3) is 2.16. The Hall–Kier alpha value is -2.62. The van der Waals surface area contributed by atoms with Crippen molar-refractivity contribution in [2.75, 3.05) is 7.11 Å². The van der Waals surface area contributed by atoms with Crippen LogP contribution in [0.2, 0.25) is 0 Å². The fourth-order valence-corrected chi connectivity index (χ4v) is 2.15. The molecule has 1 N–H and O–H groups in total. The number of methoxy groups -OCH3 is 1. The minimum atomic E-state index is -0.271. The van der Waals surface area contributed by atoms with Crippen LogP contribution in [0.25, 0.3) is 22.0 Å². The Labute approximate surface area is 114 Å². The topological polar surface area (TPSA) is 42.1 Å². The largest absolute Gasteiger partial charge is 0.491 e. The molecule has 0 radical (unpaired) electrons. The van der Waals surface area contributed by atoms with Crippen LogP contribution in [-0.4, -0.2) is 12.1 Å². The third-order valence-corrected chi connectivity index (χ3v) is 3.21. The predicted molar refractivity (Wildman–Crippen MR) is 76.5 cm³/mol. The second kappa shape index (κ2) is 4.81. The van der Waals surface area contributed by atoms with E-state index < -0.39 is 0 Å². The number of H-pyrrole nitrogens is 1. The van der Waals surface area contributed by atoms with Gasteiger partial charge in [-0.1, -0.05) is 24.3 Å². The SMILES string of the molecule is COc1cc2ccc(-c3ccc(F)cc3)cc2[nH]c1=O. The van der Waals surface area contributed by atoms with Crippen molar-refractivity contribution in [3.05, 3.63) is 64.7 Å². The van der Waals surface area contributed by atoms with Crippen molar-refractivity contribution in [1.82, 2.24) is 4.98 Å². The molecular formula is C16H12FNO2. The summed E-state index contributed by atoms with van der Waals surface area (Å²) in [4.78, 5) is 14.5. The van der Waals surface area contributed by atoms with Crippen molar-refractivity contribution in [3.8, 4) is 16.9 Å². The highest BCUT2D eigenvalue weighted by molar-refractivity contribution is 5.85. The van der Waals surface area contributed by atoms with E-state index in [0.29, 0.717) is 0 Å². The van der Waals surface area contributed by atoms with Gasteiger partial charge < -0.3 is 9.72 Å². The van der Waals surface area contributed by atoms with E-state index in [1.807, 2.05) is 18.2 Å². The van der Waals surface area contributed by atoms with Crippen LogP contribution in [0, 0.1) is 5.82 Å². The Balaban J connectivity index is 2.15. The molecule has 0 atom stereocenters. The van der Waals surface area contributed by atoms with Gasteiger partial charge in [-0.15, -0.1) is 0 Å². The minimum absolute atomic E-state index is 0.267. The van der Waals surface area contributed by atoms with Crippen molar-refractivity contribution in [3.63, 3.8) is 0 Å². The van der Waals surface area contributed by atoms with Crippen LogP contribution in [0.4, 0.5) is 4.39 Å². The van der Waals surface area contributed by atoms with Crippen molar-refractivity contribution >= 4 is 10.9 Å². The molecule has 3 aromatic rings. The number of aromatic nitrogens is 1. The zero-order valence-corrected chi connectivity index (χ0v) is 10.8. The third-order valence-electron chi connectivity index (χ3n) is 3.21. The normalized spacial score (nSPS) is 10.7. The first-order valence-corrected chi connectivity index (χ1v) is 6.14. The number of halogens is 1. The van der Waals surface area contributed by atoms with Gasteiger partial charge in [-0.25, -0.2) is 4.39 Å². The second-order valence-corrected chi connectivity index (χ2v) is 4.48.